The average molecular weight is 382 g/mol. The Kier molecular flexibility index (Phi) is 5.26. The molecule has 10 heteroatoms. The fourth-order valence-corrected chi connectivity index (χ4v) is 5.07. The van der Waals surface area contributed by atoms with Gasteiger partial charge in [-0.25, -0.2) is 0 Å². The van der Waals surface area contributed by atoms with Crippen molar-refractivity contribution in [2.75, 3.05) is 44.2 Å². The number of piperazine rings is 1. The smallest absolute Gasteiger partial charge is 0.293 e. The number of ketones is 1. The molecule has 0 atom stereocenters. The Morgan fingerprint density at radius 3 is 2.15 bits per heavy atom. The van der Waals surface area contributed by atoms with Crippen molar-refractivity contribution in [3.05, 3.63) is 33.9 Å². The number of hydrogen-bond donors (Lipinski definition) is 0. The Bertz CT molecular complexity index is 812. The predicted molar refractivity (Wildman–Crippen MR) is 96.6 cm³/mol. The molecule has 3 rings (SSSR count). The molecule has 2 aliphatic heterocycles. The van der Waals surface area contributed by atoms with Gasteiger partial charge in [-0.2, -0.15) is 17.0 Å². The largest absolute Gasteiger partial charge is 0.363 e. The number of rotatable bonds is 5. The second kappa shape index (κ2) is 7.29. The highest BCUT2D eigenvalue weighted by molar-refractivity contribution is 7.86. The zero-order chi connectivity index (χ0) is 18.9. The zero-order valence-electron chi connectivity index (χ0n) is 14.6. The number of benzene rings is 1. The van der Waals surface area contributed by atoms with Crippen LogP contribution in [0.15, 0.2) is 18.2 Å². The maximum absolute atomic E-state index is 12.6. The van der Waals surface area contributed by atoms with Crippen molar-refractivity contribution in [3.63, 3.8) is 0 Å². The van der Waals surface area contributed by atoms with Crippen molar-refractivity contribution in [2.24, 2.45) is 0 Å². The normalized spacial score (nSPS) is 19.7. The van der Waals surface area contributed by atoms with Crippen LogP contribution in [-0.2, 0) is 10.2 Å². The number of nitro benzene ring substituents is 1. The lowest BCUT2D eigenvalue weighted by molar-refractivity contribution is -0.384. The monoisotopic (exact) mass is 382 g/mol. The average Bonchev–Trinajstić information content (AvgIpc) is 3.16. The van der Waals surface area contributed by atoms with Gasteiger partial charge < -0.3 is 4.90 Å². The minimum atomic E-state index is -3.45. The van der Waals surface area contributed by atoms with Gasteiger partial charge in [0.1, 0.15) is 5.69 Å². The topological polar surface area (TPSA) is 104 Å². The maximum Gasteiger partial charge on any atom is 0.293 e. The summed E-state index contributed by atoms with van der Waals surface area (Å²) in [4.78, 5) is 24.2. The quantitative estimate of drug-likeness (QED) is 0.431. The molecule has 0 unspecified atom stereocenters. The third-order valence-electron chi connectivity index (χ3n) is 4.88. The van der Waals surface area contributed by atoms with E-state index in [2.05, 4.69) is 0 Å². The summed E-state index contributed by atoms with van der Waals surface area (Å²) in [6.07, 6.45) is 1.77. The SMILES string of the molecule is CC(=O)c1ccc(N2CCN(S(=O)(=O)N3CCCC3)CC2)c([N+](=O)[O-])c1. The maximum atomic E-state index is 12.6. The summed E-state index contributed by atoms with van der Waals surface area (Å²) in [5.41, 5.74) is 0.572. The van der Waals surface area contributed by atoms with Crippen LogP contribution < -0.4 is 4.90 Å². The zero-order valence-corrected chi connectivity index (χ0v) is 15.4. The molecule has 0 radical (unpaired) electrons. The van der Waals surface area contributed by atoms with E-state index in [0.717, 1.165) is 12.8 Å². The molecule has 0 amide bonds. The Balaban J connectivity index is 1.76. The number of nitrogens with zero attached hydrogens (tertiary/aromatic N) is 4. The highest BCUT2D eigenvalue weighted by Gasteiger charge is 2.34. The van der Waals surface area contributed by atoms with Crippen LogP contribution in [0.3, 0.4) is 0 Å². The highest BCUT2D eigenvalue weighted by Crippen LogP contribution is 2.31. The van der Waals surface area contributed by atoms with Gasteiger partial charge in [0.05, 0.1) is 4.92 Å². The van der Waals surface area contributed by atoms with E-state index in [1.54, 1.807) is 17.0 Å². The summed E-state index contributed by atoms with van der Waals surface area (Å²) < 4.78 is 28.2. The third-order valence-corrected chi connectivity index (χ3v) is 6.91. The number of hydrogen-bond acceptors (Lipinski definition) is 6. The second-order valence-corrected chi connectivity index (χ2v) is 8.45. The summed E-state index contributed by atoms with van der Waals surface area (Å²) >= 11 is 0. The lowest BCUT2D eigenvalue weighted by atomic mass is 10.1. The molecule has 1 aromatic carbocycles. The lowest BCUT2D eigenvalue weighted by Gasteiger charge is -2.36. The molecule has 0 aromatic heterocycles. The fourth-order valence-electron chi connectivity index (χ4n) is 3.40. The van der Waals surface area contributed by atoms with E-state index >= 15 is 0 Å². The van der Waals surface area contributed by atoms with Gasteiger partial charge in [-0.05, 0) is 31.9 Å². The highest BCUT2D eigenvalue weighted by atomic mass is 32.2. The first-order valence-corrected chi connectivity index (χ1v) is 10.00. The molecular weight excluding hydrogens is 360 g/mol. The van der Waals surface area contributed by atoms with Crippen LogP contribution in [0.25, 0.3) is 0 Å². The van der Waals surface area contributed by atoms with Crippen molar-refractivity contribution < 1.29 is 18.1 Å². The lowest BCUT2D eigenvalue weighted by Crippen LogP contribution is -2.52. The number of nitro groups is 1. The third kappa shape index (κ3) is 3.57. The van der Waals surface area contributed by atoms with Gasteiger partial charge in [0.25, 0.3) is 15.9 Å². The van der Waals surface area contributed by atoms with Crippen LogP contribution >= 0.6 is 0 Å². The van der Waals surface area contributed by atoms with Crippen molar-refractivity contribution in [3.8, 4) is 0 Å². The van der Waals surface area contributed by atoms with Crippen LogP contribution in [-0.4, -0.2) is 67.0 Å². The first kappa shape index (κ1) is 18.7. The first-order chi connectivity index (χ1) is 12.3. The van der Waals surface area contributed by atoms with Crippen LogP contribution in [0.5, 0.6) is 0 Å². The van der Waals surface area contributed by atoms with E-state index in [-0.39, 0.29) is 30.1 Å². The van der Waals surface area contributed by atoms with Crippen molar-refractivity contribution in [1.29, 1.82) is 0 Å². The van der Waals surface area contributed by atoms with Gasteiger partial charge in [-0.15, -0.1) is 0 Å². The molecular formula is C16H22N4O5S. The van der Waals surface area contributed by atoms with Gasteiger partial charge in [0.15, 0.2) is 5.78 Å². The summed E-state index contributed by atoms with van der Waals surface area (Å²) in [6, 6.07) is 4.42. The number of carbonyl (C=O) groups excluding carboxylic acids is 1. The Hall–Kier alpha value is -2.04. The van der Waals surface area contributed by atoms with Crippen molar-refractivity contribution in [2.45, 2.75) is 19.8 Å². The van der Waals surface area contributed by atoms with Crippen LogP contribution in [0.4, 0.5) is 11.4 Å². The molecule has 2 aliphatic rings. The molecule has 142 valence electrons. The van der Waals surface area contributed by atoms with E-state index in [0.29, 0.717) is 31.9 Å². The molecule has 9 nitrogen and oxygen atoms in total. The van der Waals surface area contributed by atoms with Gasteiger partial charge in [0, 0.05) is 50.9 Å². The van der Waals surface area contributed by atoms with Crippen LogP contribution in [0.2, 0.25) is 0 Å². The molecule has 2 fully saturated rings. The molecule has 0 bridgehead atoms. The number of carbonyl (C=O) groups is 1. The van der Waals surface area contributed by atoms with Gasteiger partial charge in [-0.1, -0.05) is 0 Å². The molecule has 1 aromatic rings. The molecule has 26 heavy (non-hydrogen) atoms. The van der Waals surface area contributed by atoms with E-state index in [1.807, 2.05) is 0 Å². The van der Waals surface area contributed by atoms with Crippen LogP contribution in [0, 0.1) is 10.1 Å². The van der Waals surface area contributed by atoms with E-state index in [4.69, 9.17) is 0 Å². The summed E-state index contributed by atoms with van der Waals surface area (Å²) in [5.74, 6) is -0.235. The van der Waals surface area contributed by atoms with E-state index in [1.165, 1.54) is 21.6 Å². The Morgan fingerprint density at radius 2 is 1.62 bits per heavy atom. The van der Waals surface area contributed by atoms with Gasteiger partial charge >= 0.3 is 0 Å². The number of Topliss-reactive ketones (excluding diaryl/α,β-unsaturated/α-hetero) is 1. The van der Waals surface area contributed by atoms with Gasteiger partial charge in [0.2, 0.25) is 0 Å². The van der Waals surface area contributed by atoms with E-state index < -0.39 is 15.1 Å². The molecule has 2 heterocycles. The molecule has 2 saturated heterocycles. The second-order valence-electron chi connectivity index (χ2n) is 6.52. The Morgan fingerprint density at radius 1 is 1.04 bits per heavy atom. The predicted octanol–water partition coefficient (Wildman–Crippen LogP) is 1.26. The fraction of sp³-hybridized carbons (Fsp3) is 0.562. The number of anilines is 1. The molecule has 0 spiro atoms. The first-order valence-electron chi connectivity index (χ1n) is 8.60. The molecule has 0 N–H and O–H groups in total. The van der Waals surface area contributed by atoms with Gasteiger partial charge in [-0.3, -0.25) is 14.9 Å². The molecule has 0 saturated carbocycles. The van der Waals surface area contributed by atoms with Crippen LogP contribution in [0.1, 0.15) is 30.1 Å². The minimum absolute atomic E-state index is 0.131. The van der Waals surface area contributed by atoms with Crippen molar-refractivity contribution >= 4 is 27.4 Å². The summed E-state index contributed by atoms with van der Waals surface area (Å²) in [6.45, 7) is 3.78. The standard InChI is InChI=1S/C16H22N4O5S/c1-13(21)14-4-5-15(16(12-14)20(22)23)17-8-10-19(11-9-17)26(24,25)18-6-2-3-7-18/h4-5,12H,2-3,6-11H2,1H3. The minimum Gasteiger partial charge on any atom is -0.363 e. The summed E-state index contributed by atoms with van der Waals surface area (Å²) in [5, 5.41) is 11.4. The molecule has 0 aliphatic carbocycles. The summed E-state index contributed by atoms with van der Waals surface area (Å²) in [7, 11) is -3.45. The van der Waals surface area contributed by atoms with Crippen molar-refractivity contribution in [1.82, 2.24) is 8.61 Å². The van der Waals surface area contributed by atoms with E-state index in [9.17, 15) is 23.3 Å². The Labute approximate surface area is 152 Å².